The minimum Gasteiger partial charge on any atom is -0.350 e. The topological polar surface area (TPSA) is 86.8 Å². The van der Waals surface area contributed by atoms with Gasteiger partial charge in [0.1, 0.15) is 18.4 Å². The van der Waals surface area contributed by atoms with Crippen LogP contribution in [0.1, 0.15) is 39.7 Å². The van der Waals surface area contributed by atoms with Crippen molar-refractivity contribution in [2.24, 2.45) is 0 Å². The van der Waals surface area contributed by atoms with Crippen molar-refractivity contribution in [3.63, 3.8) is 0 Å². The number of nitrogens with zero attached hydrogens (tertiary/aromatic N) is 2. The molecule has 0 aromatic heterocycles. The summed E-state index contributed by atoms with van der Waals surface area (Å²) in [5, 5.41) is 3.20. The van der Waals surface area contributed by atoms with E-state index in [-0.39, 0.29) is 18.1 Å². The van der Waals surface area contributed by atoms with Crippen molar-refractivity contribution < 1.29 is 22.4 Å². The molecular formula is C24H31ClFN3O4S. The second-order valence-electron chi connectivity index (χ2n) is 9.06. The molecule has 0 heterocycles. The van der Waals surface area contributed by atoms with Crippen LogP contribution in [0.2, 0.25) is 5.02 Å². The van der Waals surface area contributed by atoms with Gasteiger partial charge in [-0.05, 0) is 63.1 Å². The first-order valence-corrected chi connectivity index (χ1v) is 13.0. The number of sulfonamides is 1. The maximum Gasteiger partial charge on any atom is 0.244 e. The number of hydrogen-bond acceptors (Lipinski definition) is 4. The highest BCUT2D eigenvalue weighted by molar-refractivity contribution is 7.92. The molecule has 1 N–H and O–H groups in total. The van der Waals surface area contributed by atoms with Crippen molar-refractivity contribution >= 4 is 39.1 Å². The first-order chi connectivity index (χ1) is 15.7. The highest BCUT2D eigenvalue weighted by Gasteiger charge is 2.33. The minimum atomic E-state index is -3.85. The Balaban J connectivity index is 2.45. The normalized spacial score (nSPS) is 12.7. The Bertz CT molecular complexity index is 1120. The van der Waals surface area contributed by atoms with Crippen molar-refractivity contribution in [1.82, 2.24) is 10.2 Å². The van der Waals surface area contributed by atoms with Gasteiger partial charge in [-0.3, -0.25) is 13.9 Å². The second-order valence-corrected chi connectivity index (χ2v) is 11.4. The summed E-state index contributed by atoms with van der Waals surface area (Å²) in [6.07, 6.45) is 1.29. The molecule has 0 aliphatic heterocycles. The molecule has 34 heavy (non-hydrogen) atoms. The Morgan fingerprint density at radius 1 is 1.12 bits per heavy atom. The van der Waals surface area contributed by atoms with Crippen LogP contribution in [0, 0.1) is 5.82 Å². The lowest BCUT2D eigenvalue weighted by Crippen LogP contribution is -2.55. The Morgan fingerprint density at radius 3 is 2.24 bits per heavy atom. The number of rotatable bonds is 9. The number of nitrogens with one attached hydrogen (secondary N) is 1. The Kier molecular flexibility index (Phi) is 9.08. The zero-order valence-electron chi connectivity index (χ0n) is 20.0. The van der Waals surface area contributed by atoms with Crippen LogP contribution in [0.5, 0.6) is 0 Å². The molecule has 0 radical (unpaired) electrons. The zero-order valence-corrected chi connectivity index (χ0v) is 21.6. The first-order valence-electron chi connectivity index (χ1n) is 10.8. The van der Waals surface area contributed by atoms with Crippen LogP contribution >= 0.6 is 11.6 Å². The molecule has 0 saturated heterocycles. The van der Waals surface area contributed by atoms with E-state index in [0.717, 1.165) is 10.6 Å². The molecular weight excluding hydrogens is 481 g/mol. The largest absolute Gasteiger partial charge is 0.350 e. The molecule has 2 rings (SSSR count). The Morgan fingerprint density at radius 2 is 1.74 bits per heavy atom. The van der Waals surface area contributed by atoms with Gasteiger partial charge in [0, 0.05) is 17.1 Å². The molecule has 2 aromatic carbocycles. The minimum absolute atomic E-state index is 0.00231. The number of anilines is 1. The molecule has 7 nitrogen and oxygen atoms in total. The molecule has 0 unspecified atom stereocenters. The SMILES string of the molecule is CC[C@@H](C(=O)NC(C)(C)C)N(Cc1ccc(F)cc1)C(=O)CN(c1cccc(Cl)c1)S(C)(=O)=O. The van der Waals surface area contributed by atoms with Gasteiger partial charge >= 0.3 is 0 Å². The van der Waals surface area contributed by atoms with Crippen molar-refractivity contribution in [3.05, 3.63) is 64.9 Å². The van der Waals surface area contributed by atoms with Crippen molar-refractivity contribution in [2.75, 3.05) is 17.1 Å². The predicted octanol–water partition coefficient (Wildman–Crippen LogP) is 3.97. The summed E-state index contributed by atoms with van der Waals surface area (Å²) in [5.74, 6) is -1.37. The summed E-state index contributed by atoms with van der Waals surface area (Å²) in [6.45, 7) is 6.72. The fourth-order valence-electron chi connectivity index (χ4n) is 3.40. The quantitative estimate of drug-likeness (QED) is 0.552. The smallest absolute Gasteiger partial charge is 0.244 e. The van der Waals surface area contributed by atoms with Crippen molar-refractivity contribution in [1.29, 1.82) is 0 Å². The number of halogens is 2. The number of amides is 2. The van der Waals surface area contributed by atoms with E-state index in [1.807, 2.05) is 20.8 Å². The fourth-order valence-corrected chi connectivity index (χ4v) is 4.43. The molecule has 1 atom stereocenters. The first kappa shape index (κ1) is 27.6. The molecule has 10 heteroatoms. The maximum absolute atomic E-state index is 13.5. The van der Waals surface area contributed by atoms with E-state index < -0.39 is 39.9 Å². The molecule has 186 valence electrons. The Labute approximate surface area is 205 Å². The van der Waals surface area contributed by atoms with Gasteiger partial charge in [-0.2, -0.15) is 0 Å². The molecule has 0 aliphatic rings. The summed E-state index contributed by atoms with van der Waals surface area (Å²) in [4.78, 5) is 27.9. The van der Waals surface area contributed by atoms with E-state index >= 15 is 0 Å². The van der Waals surface area contributed by atoms with Crippen LogP contribution in [-0.4, -0.2) is 49.5 Å². The lowest BCUT2D eigenvalue weighted by atomic mass is 10.1. The van der Waals surface area contributed by atoms with E-state index in [1.54, 1.807) is 19.1 Å². The van der Waals surface area contributed by atoms with E-state index in [4.69, 9.17) is 11.6 Å². The molecule has 0 saturated carbocycles. The van der Waals surface area contributed by atoms with Gasteiger partial charge in [-0.15, -0.1) is 0 Å². The second kappa shape index (κ2) is 11.2. The van der Waals surface area contributed by atoms with Gasteiger partial charge in [0.05, 0.1) is 11.9 Å². The molecule has 2 amide bonds. The summed E-state index contributed by atoms with van der Waals surface area (Å²) in [5.41, 5.74) is 0.303. The van der Waals surface area contributed by atoms with Crippen LogP contribution in [0.25, 0.3) is 0 Å². The van der Waals surface area contributed by atoms with Gasteiger partial charge in [-0.25, -0.2) is 12.8 Å². The third kappa shape index (κ3) is 7.99. The number of carbonyl (C=O) groups is 2. The third-order valence-corrected chi connectivity index (χ3v) is 6.30. The monoisotopic (exact) mass is 511 g/mol. The van der Waals surface area contributed by atoms with E-state index in [9.17, 15) is 22.4 Å². The highest BCUT2D eigenvalue weighted by atomic mass is 35.5. The van der Waals surface area contributed by atoms with Gasteiger partial charge < -0.3 is 10.2 Å². The zero-order chi connectivity index (χ0) is 25.7. The van der Waals surface area contributed by atoms with Crippen LogP contribution in [0.3, 0.4) is 0 Å². The average molecular weight is 512 g/mol. The van der Waals surface area contributed by atoms with Gasteiger partial charge in [0.2, 0.25) is 21.8 Å². The lowest BCUT2D eigenvalue weighted by molar-refractivity contribution is -0.141. The van der Waals surface area contributed by atoms with E-state index in [0.29, 0.717) is 17.0 Å². The Hall–Kier alpha value is -2.65. The third-order valence-electron chi connectivity index (χ3n) is 4.93. The van der Waals surface area contributed by atoms with E-state index in [1.165, 1.54) is 41.3 Å². The van der Waals surface area contributed by atoms with E-state index in [2.05, 4.69) is 5.32 Å². The summed E-state index contributed by atoms with van der Waals surface area (Å²) >= 11 is 6.03. The number of benzene rings is 2. The van der Waals surface area contributed by atoms with Crippen LogP contribution in [0.4, 0.5) is 10.1 Å². The summed E-state index contributed by atoms with van der Waals surface area (Å²) in [7, 11) is -3.85. The summed E-state index contributed by atoms with van der Waals surface area (Å²) in [6, 6.07) is 10.9. The van der Waals surface area contributed by atoms with Crippen LogP contribution in [0.15, 0.2) is 48.5 Å². The standard InChI is InChI=1S/C24H31ClFN3O4S/c1-6-21(23(31)27-24(2,3)4)28(15-17-10-12-19(26)13-11-17)22(30)16-29(34(5,32)33)20-9-7-8-18(25)14-20/h7-14,21H,6,15-16H2,1-5H3,(H,27,31)/t21-/m0/s1. The number of hydrogen-bond donors (Lipinski definition) is 1. The van der Waals surface area contributed by atoms with Gasteiger partial charge in [0.15, 0.2) is 0 Å². The lowest BCUT2D eigenvalue weighted by Gasteiger charge is -2.34. The molecule has 2 aromatic rings. The molecule has 0 bridgehead atoms. The van der Waals surface area contributed by atoms with Crippen molar-refractivity contribution in [2.45, 2.75) is 52.2 Å². The molecule has 0 spiro atoms. The molecule has 0 aliphatic carbocycles. The van der Waals surface area contributed by atoms with Gasteiger partial charge in [-0.1, -0.05) is 36.7 Å². The average Bonchev–Trinajstić information content (AvgIpc) is 2.71. The summed E-state index contributed by atoms with van der Waals surface area (Å²) < 4.78 is 39.5. The van der Waals surface area contributed by atoms with Crippen molar-refractivity contribution in [3.8, 4) is 0 Å². The number of carbonyl (C=O) groups excluding carboxylic acids is 2. The maximum atomic E-state index is 13.5. The predicted molar refractivity (Wildman–Crippen MR) is 133 cm³/mol. The molecule has 0 fully saturated rings. The van der Waals surface area contributed by atoms with Crippen LogP contribution < -0.4 is 9.62 Å². The van der Waals surface area contributed by atoms with Gasteiger partial charge in [0.25, 0.3) is 0 Å². The fraction of sp³-hybridized carbons (Fsp3) is 0.417. The highest BCUT2D eigenvalue weighted by Crippen LogP contribution is 2.23. The van der Waals surface area contributed by atoms with Crippen LogP contribution in [-0.2, 0) is 26.2 Å².